The van der Waals surface area contributed by atoms with Gasteiger partial charge in [-0.25, -0.2) is 0 Å². The minimum Gasteiger partial charge on any atom is -0.370 e. The Morgan fingerprint density at radius 3 is 2.19 bits per heavy atom. The Labute approximate surface area is 244 Å². The van der Waals surface area contributed by atoms with Gasteiger partial charge < -0.3 is 19.9 Å². The highest BCUT2D eigenvalue weighted by Gasteiger charge is 2.64. The molecule has 2 fully saturated rings. The lowest BCUT2D eigenvalue weighted by Crippen LogP contribution is -2.60. The van der Waals surface area contributed by atoms with E-state index in [4.69, 9.17) is 4.74 Å². The summed E-state index contributed by atoms with van der Waals surface area (Å²) in [7, 11) is 2.96. The quantitative estimate of drug-likeness (QED) is 0.394. The third-order valence-electron chi connectivity index (χ3n) is 8.97. The van der Waals surface area contributed by atoms with E-state index < -0.39 is 23.1 Å². The second-order valence-electron chi connectivity index (χ2n) is 11.3. The van der Waals surface area contributed by atoms with Crippen LogP contribution in [0, 0.1) is 5.41 Å². The van der Waals surface area contributed by atoms with Gasteiger partial charge in [0.2, 0.25) is 5.91 Å². The van der Waals surface area contributed by atoms with Crippen molar-refractivity contribution in [3.63, 3.8) is 0 Å². The second kappa shape index (κ2) is 11.8. The number of methoxy groups -OCH3 is 1. The van der Waals surface area contributed by atoms with Gasteiger partial charge in [0.25, 0.3) is 11.5 Å². The summed E-state index contributed by atoms with van der Waals surface area (Å²) in [4.78, 5) is 29.9. The maximum absolute atomic E-state index is 14.6. The number of hydrogen-bond donors (Lipinski definition) is 1. The van der Waals surface area contributed by atoms with E-state index in [9.17, 15) is 22.8 Å². The fraction of sp³-hybridized carbons (Fsp3) is 0.394. The molecular weight excluding hydrogens is 543 g/mol. The van der Waals surface area contributed by atoms with Crippen molar-refractivity contribution in [3.05, 3.63) is 102 Å². The number of amides is 2. The SMILES string of the molecule is CO[C@@](C(=O)N1CCC2(CC1)CC(=O)NC[C@H]2c1ccccc1N(C)Cc1ccccc1)(c1ccccc1)C(F)(F)F. The first-order chi connectivity index (χ1) is 20.1. The number of halogens is 3. The lowest BCUT2D eigenvalue weighted by molar-refractivity contribution is -0.271. The first-order valence-corrected chi connectivity index (χ1v) is 14.2. The summed E-state index contributed by atoms with van der Waals surface area (Å²) in [5, 5.41) is 3.02. The van der Waals surface area contributed by atoms with Crippen LogP contribution in [0.2, 0.25) is 0 Å². The van der Waals surface area contributed by atoms with Crippen LogP contribution < -0.4 is 10.2 Å². The molecule has 2 amide bonds. The normalized spacial score (nSPS) is 20.1. The summed E-state index contributed by atoms with van der Waals surface area (Å²) in [5.74, 6) is -1.27. The van der Waals surface area contributed by atoms with Gasteiger partial charge in [-0.3, -0.25) is 9.59 Å². The molecule has 1 N–H and O–H groups in total. The Bertz CT molecular complexity index is 1390. The smallest absolute Gasteiger partial charge is 0.370 e. The Morgan fingerprint density at radius 1 is 0.976 bits per heavy atom. The number of para-hydroxylation sites is 1. The zero-order valence-corrected chi connectivity index (χ0v) is 23.9. The fourth-order valence-corrected chi connectivity index (χ4v) is 6.76. The molecule has 0 aromatic heterocycles. The molecule has 0 unspecified atom stereocenters. The maximum Gasteiger partial charge on any atom is 0.430 e. The number of likely N-dealkylation sites (tertiary alicyclic amines) is 1. The van der Waals surface area contributed by atoms with E-state index in [-0.39, 0.29) is 36.9 Å². The molecule has 0 saturated carbocycles. The number of piperidine rings is 2. The molecule has 2 aliphatic heterocycles. The average Bonchev–Trinajstić information content (AvgIpc) is 2.98. The van der Waals surface area contributed by atoms with Crippen molar-refractivity contribution in [3.8, 4) is 0 Å². The van der Waals surface area contributed by atoms with Crippen LogP contribution in [0.5, 0.6) is 0 Å². The summed E-state index contributed by atoms with van der Waals surface area (Å²) in [6.07, 6.45) is -3.91. The van der Waals surface area contributed by atoms with Crippen molar-refractivity contribution in [1.29, 1.82) is 0 Å². The Morgan fingerprint density at radius 2 is 1.57 bits per heavy atom. The molecule has 6 nitrogen and oxygen atoms in total. The van der Waals surface area contributed by atoms with E-state index in [1.165, 1.54) is 29.2 Å². The summed E-state index contributed by atoms with van der Waals surface area (Å²) in [5.41, 5.74) is -0.562. The number of rotatable bonds is 7. The van der Waals surface area contributed by atoms with Gasteiger partial charge in [0.1, 0.15) is 0 Å². The number of nitrogens with zero attached hydrogens (tertiary/aromatic N) is 2. The van der Waals surface area contributed by atoms with Crippen LogP contribution in [0.25, 0.3) is 0 Å². The molecule has 9 heteroatoms. The topological polar surface area (TPSA) is 61.9 Å². The molecule has 0 aliphatic carbocycles. The van der Waals surface area contributed by atoms with Gasteiger partial charge in [0.15, 0.2) is 0 Å². The van der Waals surface area contributed by atoms with E-state index in [2.05, 4.69) is 34.5 Å². The number of nitrogens with one attached hydrogen (secondary N) is 1. The van der Waals surface area contributed by atoms with E-state index in [0.717, 1.165) is 23.9 Å². The molecule has 3 aromatic carbocycles. The van der Waals surface area contributed by atoms with Crippen LogP contribution in [0.15, 0.2) is 84.9 Å². The number of carbonyl (C=O) groups excluding carboxylic acids is 2. The summed E-state index contributed by atoms with van der Waals surface area (Å²) >= 11 is 0. The van der Waals surface area contributed by atoms with Crippen molar-refractivity contribution in [2.24, 2.45) is 5.41 Å². The van der Waals surface area contributed by atoms with Crippen molar-refractivity contribution in [2.75, 3.05) is 38.7 Å². The zero-order chi connectivity index (χ0) is 30.0. The van der Waals surface area contributed by atoms with Crippen molar-refractivity contribution in [1.82, 2.24) is 10.2 Å². The molecule has 5 rings (SSSR count). The molecular formula is C33H36F3N3O3. The minimum atomic E-state index is -4.97. The molecule has 2 saturated heterocycles. The van der Waals surface area contributed by atoms with E-state index in [0.29, 0.717) is 25.9 Å². The van der Waals surface area contributed by atoms with Crippen molar-refractivity contribution >= 4 is 17.5 Å². The summed E-state index contributed by atoms with van der Waals surface area (Å²) in [6.45, 7) is 1.32. The Balaban J connectivity index is 1.42. The van der Waals surface area contributed by atoms with E-state index >= 15 is 0 Å². The lowest BCUT2D eigenvalue weighted by atomic mass is 9.62. The lowest BCUT2D eigenvalue weighted by Gasteiger charge is -2.50. The predicted molar refractivity (Wildman–Crippen MR) is 155 cm³/mol. The fourth-order valence-electron chi connectivity index (χ4n) is 6.76. The molecule has 222 valence electrons. The molecule has 42 heavy (non-hydrogen) atoms. The highest BCUT2D eigenvalue weighted by molar-refractivity contribution is 5.88. The minimum absolute atomic E-state index is 0.0641. The molecule has 0 bridgehead atoms. The standard InChI is InChI=1S/C33H36F3N3O3/c1-38(23-24-11-5-3-6-12-24)28-16-10-9-15-26(28)27-22-37-29(40)21-31(27)17-19-39(20-18-31)30(41)32(42-2,33(34,35)36)25-13-7-4-8-14-25/h3-16,27H,17-23H2,1-2H3,(H,37,40)/t27-,32+/m0/s1. The van der Waals surface area contributed by atoms with E-state index in [1.807, 2.05) is 37.4 Å². The molecule has 2 atom stereocenters. The largest absolute Gasteiger partial charge is 0.430 e. The first kappa shape index (κ1) is 29.6. The second-order valence-corrected chi connectivity index (χ2v) is 11.3. The highest BCUT2D eigenvalue weighted by Crippen LogP contribution is 2.52. The average molecular weight is 580 g/mol. The van der Waals surface area contributed by atoms with Gasteiger partial charge in [-0.1, -0.05) is 78.9 Å². The maximum atomic E-state index is 14.6. The van der Waals surface area contributed by atoms with Gasteiger partial charge in [-0.2, -0.15) is 13.2 Å². The number of hydrogen-bond acceptors (Lipinski definition) is 4. The van der Waals surface area contributed by atoms with Gasteiger partial charge in [-0.05, 0) is 35.4 Å². The van der Waals surface area contributed by atoms with Crippen LogP contribution in [0.3, 0.4) is 0 Å². The zero-order valence-electron chi connectivity index (χ0n) is 23.9. The molecule has 3 aromatic rings. The van der Waals surface area contributed by atoms with Gasteiger partial charge in [-0.15, -0.1) is 0 Å². The number of alkyl halides is 3. The molecule has 1 spiro atoms. The van der Waals surface area contributed by atoms with Gasteiger partial charge in [0.05, 0.1) is 0 Å². The van der Waals surface area contributed by atoms with Crippen LogP contribution in [-0.2, 0) is 26.5 Å². The van der Waals surface area contributed by atoms with Crippen LogP contribution in [-0.4, -0.2) is 56.7 Å². The molecule has 2 aliphatic rings. The Kier molecular flexibility index (Phi) is 8.32. The summed E-state index contributed by atoms with van der Waals surface area (Å²) in [6, 6.07) is 25.3. The molecule has 0 radical (unpaired) electrons. The summed E-state index contributed by atoms with van der Waals surface area (Å²) < 4.78 is 48.8. The monoisotopic (exact) mass is 579 g/mol. The van der Waals surface area contributed by atoms with Gasteiger partial charge in [0, 0.05) is 63.9 Å². The van der Waals surface area contributed by atoms with Crippen molar-refractivity contribution < 1.29 is 27.5 Å². The molecule has 2 heterocycles. The van der Waals surface area contributed by atoms with Crippen LogP contribution in [0.1, 0.15) is 41.9 Å². The van der Waals surface area contributed by atoms with Crippen LogP contribution >= 0.6 is 0 Å². The first-order valence-electron chi connectivity index (χ1n) is 14.2. The van der Waals surface area contributed by atoms with Crippen molar-refractivity contribution in [2.45, 2.75) is 43.5 Å². The number of benzene rings is 3. The Hall–Kier alpha value is -3.85. The number of ether oxygens (including phenoxy) is 1. The number of anilines is 1. The third-order valence-corrected chi connectivity index (χ3v) is 8.97. The van der Waals surface area contributed by atoms with Gasteiger partial charge >= 0.3 is 6.18 Å². The third kappa shape index (κ3) is 5.38. The number of carbonyl (C=O) groups is 2. The van der Waals surface area contributed by atoms with E-state index in [1.54, 1.807) is 6.07 Å². The predicted octanol–water partition coefficient (Wildman–Crippen LogP) is 5.64. The van der Waals surface area contributed by atoms with Crippen LogP contribution in [0.4, 0.5) is 18.9 Å². The highest BCUT2D eigenvalue weighted by atomic mass is 19.4.